The fourth-order valence-electron chi connectivity index (χ4n) is 2.27. The molecular weight excluding hydrogens is 274 g/mol. The number of nitrogens with zero attached hydrogens (tertiary/aromatic N) is 3. The molecule has 22 heavy (non-hydrogen) atoms. The minimum atomic E-state index is -0.125. The highest BCUT2D eigenvalue weighted by Crippen LogP contribution is 2.16. The summed E-state index contributed by atoms with van der Waals surface area (Å²) in [5.74, 6) is 0. The fourth-order valence-corrected chi connectivity index (χ4v) is 2.27. The number of aromatic nitrogens is 3. The molecule has 0 aliphatic rings. The molecule has 0 fully saturated rings. The van der Waals surface area contributed by atoms with Crippen molar-refractivity contribution < 1.29 is 0 Å². The van der Waals surface area contributed by atoms with E-state index in [9.17, 15) is 4.79 Å². The molecule has 1 aromatic carbocycles. The summed E-state index contributed by atoms with van der Waals surface area (Å²) < 4.78 is 1.45. The van der Waals surface area contributed by atoms with E-state index in [0.717, 1.165) is 23.4 Å². The second-order valence-corrected chi connectivity index (χ2v) is 5.09. The molecule has 0 amide bonds. The molecule has 2 heterocycles. The van der Waals surface area contributed by atoms with Crippen LogP contribution in [0.4, 0.5) is 0 Å². The van der Waals surface area contributed by atoms with Gasteiger partial charge in [-0.15, -0.1) is 0 Å². The van der Waals surface area contributed by atoms with E-state index in [1.165, 1.54) is 10.2 Å². The summed E-state index contributed by atoms with van der Waals surface area (Å²) in [6, 6.07) is 17.2. The monoisotopic (exact) mass is 291 g/mol. The number of benzene rings is 1. The molecular formula is C18H17N3O. The maximum Gasteiger partial charge on any atom is 0.267 e. The van der Waals surface area contributed by atoms with E-state index >= 15 is 0 Å². The van der Waals surface area contributed by atoms with Gasteiger partial charge in [-0.2, -0.15) is 5.10 Å². The summed E-state index contributed by atoms with van der Waals surface area (Å²) in [5.41, 5.74) is 3.77. The summed E-state index contributed by atoms with van der Waals surface area (Å²) >= 11 is 0. The van der Waals surface area contributed by atoms with Crippen LogP contribution in [-0.2, 0) is 13.0 Å². The molecule has 0 aliphatic carbocycles. The largest absolute Gasteiger partial charge is 0.268 e. The lowest BCUT2D eigenvalue weighted by Crippen LogP contribution is -2.23. The van der Waals surface area contributed by atoms with E-state index in [2.05, 4.69) is 29.1 Å². The number of hydrogen-bond acceptors (Lipinski definition) is 3. The zero-order valence-corrected chi connectivity index (χ0v) is 12.4. The van der Waals surface area contributed by atoms with E-state index < -0.39 is 0 Å². The van der Waals surface area contributed by atoms with Crippen molar-refractivity contribution in [2.75, 3.05) is 0 Å². The average Bonchev–Trinajstić information content (AvgIpc) is 2.58. The van der Waals surface area contributed by atoms with Crippen molar-refractivity contribution in [2.24, 2.45) is 0 Å². The van der Waals surface area contributed by atoms with Crippen molar-refractivity contribution in [1.82, 2.24) is 14.8 Å². The Morgan fingerprint density at radius 1 is 1.00 bits per heavy atom. The second kappa shape index (κ2) is 6.35. The van der Waals surface area contributed by atoms with Gasteiger partial charge in [0.05, 0.1) is 17.9 Å². The highest BCUT2D eigenvalue weighted by molar-refractivity contribution is 5.58. The molecule has 0 spiro atoms. The Kier molecular flexibility index (Phi) is 4.10. The summed E-state index contributed by atoms with van der Waals surface area (Å²) in [5, 5.41) is 4.46. The molecule has 4 heteroatoms. The predicted octanol–water partition coefficient (Wildman–Crippen LogP) is 2.92. The quantitative estimate of drug-likeness (QED) is 0.742. The van der Waals surface area contributed by atoms with Gasteiger partial charge in [0, 0.05) is 17.8 Å². The first-order chi connectivity index (χ1) is 10.8. The van der Waals surface area contributed by atoms with Gasteiger partial charge >= 0.3 is 0 Å². The fraction of sp³-hybridized carbons (Fsp3) is 0.167. The van der Waals surface area contributed by atoms with Gasteiger partial charge in [-0.25, -0.2) is 4.68 Å². The molecule has 0 radical (unpaired) electrons. The third-order valence-corrected chi connectivity index (χ3v) is 3.56. The zero-order valence-electron chi connectivity index (χ0n) is 12.4. The van der Waals surface area contributed by atoms with Crippen molar-refractivity contribution in [1.29, 1.82) is 0 Å². The van der Waals surface area contributed by atoms with Gasteiger partial charge in [0.1, 0.15) is 0 Å². The summed E-state index contributed by atoms with van der Waals surface area (Å²) in [7, 11) is 0. The molecule has 0 unspecified atom stereocenters. The average molecular weight is 291 g/mol. The Morgan fingerprint density at radius 3 is 2.50 bits per heavy atom. The standard InChI is InChI=1S/C18H17N3O/c1-2-14-6-8-15(9-7-14)17-10-11-18(22)21(20-17)13-16-5-3-4-12-19-16/h3-12H,2,13H2,1H3. The van der Waals surface area contributed by atoms with Gasteiger partial charge in [-0.1, -0.05) is 37.3 Å². The van der Waals surface area contributed by atoms with Crippen molar-refractivity contribution >= 4 is 0 Å². The Balaban J connectivity index is 1.93. The molecule has 0 saturated carbocycles. The Hall–Kier alpha value is -2.75. The van der Waals surface area contributed by atoms with E-state index in [-0.39, 0.29) is 5.56 Å². The van der Waals surface area contributed by atoms with Crippen molar-refractivity contribution in [3.8, 4) is 11.3 Å². The van der Waals surface area contributed by atoms with E-state index in [1.807, 2.05) is 30.3 Å². The number of aryl methyl sites for hydroxylation is 1. The lowest BCUT2D eigenvalue weighted by Gasteiger charge is -2.07. The SMILES string of the molecule is CCc1ccc(-c2ccc(=O)n(Cc3ccccn3)n2)cc1. The first-order valence-corrected chi connectivity index (χ1v) is 7.33. The highest BCUT2D eigenvalue weighted by Gasteiger charge is 2.05. The van der Waals surface area contributed by atoms with Crippen molar-refractivity contribution in [2.45, 2.75) is 19.9 Å². The van der Waals surface area contributed by atoms with Gasteiger partial charge in [0.15, 0.2) is 0 Å². The lowest BCUT2D eigenvalue weighted by atomic mass is 10.1. The van der Waals surface area contributed by atoms with Gasteiger partial charge in [-0.3, -0.25) is 9.78 Å². The van der Waals surface area contributed by atoms with Crippen LogP contribution in [-0.4, -0.2) is 14.8 Å². The summed E-state index contributed by atoms with van der Waals surface area (Å²) in [6.45, 7) is 2.50. The van der Waals surface area contributed by atoms with Crippen LogP contribution in [0.15, 0.2) is 65.6 Å². The third kappa shape index (κ3) is 3.11. The van der Waals surface area contributed by atoms with Crippen LogP contribution in [0.25, 0.3) is 11.3 Å². The van der Waals surface area contributed by atoms with Crippen LogP contribution in [0.1, 0.15) is 18.2 Å². The van der Waals surface area contributed by atoms with Gasteiger partial charge in [0.2, 0.25) is 0 Å². The minimum Gasteiger partial charge on any atom is -0.268 e. The molecule has 110 valence electrons. The van der Waals surface area contributed by atoms with E-state index in [0.29, 0.717) is 6.54 Å². The van der Waals surface area contributed by atoms with Crippen LogP contribution in [0.3, 0.4) is 0 Å². The molecule has 3 rings (SSSR count). The smallest absolute Gasteiger partial charge is 0.267 e. The van der Waals surface area contributed by atoms with Gasteiger partial charge in [0.25, 0.3) is 5.56 Å². The van der Waals surface area contributed by atoms with Crippen LogP contribution < -0.4 is 5.56 Å². The van der Waals surface area contributed by atoms with Crippen LogP contribution >= 0.6 is 0 Å². The Labute approximate surface area is 129 Å². The van der Waals surface area contributed by atoms with Crippen LogP contribution in [0.2, 0.25) is 0 Å². The minimum absolute atomic E-state index is 0.125. The molecule has 0 atom stereocenters. The Bertz CT molecular complexity index is 808. The highest BCUT2D eigenvalue weighted by atomic mass is 16.1. The topological polar surface area (TPSA) is 47.8 Å². The maximum atomic E-state index is 12.0. The summed E-state index contributed by atoms with van der Waals surface area (Å²) in [6.07, 6.45) is 2.72. The van der Waals surface area contributed by atoms with Crippen LogP contribution in [0, 0.1) is 0 Å². The molecule has 2 aromatic heterocycles. The zero-order chi connectivity index (χ0) is 15.4. The number of pyridine rings is 1. The lowest BCUT2D eigenvalue weighted by molar-refractivity contribution is 0.631. The maximum absolute atomic E-state index is 12.0. The normalized spacial score (nSPS) is 10.6. The predicted molar refractivity (Wildman–Crippen MR) is 86.7 cm³/mol. The molecule has 3 aromatic rings. The summed E-state index contributed by atoms with van der Waals surface area (Å²) in [4.78, 5) is 16.2. The first kappa shape index (κ1) is 14.2. The molecule has 0 aliphatic heterocycles. The van der Waals surface area contributed by atoms with Crippen LogP contribution in [0.5, 0.6) is 0 Å². The first-order valence-electron chi connectivity index (χ1n) is 7.33. The van der Waals surface area contributed by atoms with E-state index in [4.69, 9.17) is 0 Å². The second-order valence-electron chi connectivity index (χ2n) is 5.09. The van der Waals surface area contributed by atoms with Gasteiger partial charge < -0.3 is 0 Å². The molecule has 0 N–H and O–H groups in total. The number of rotatable bonds is 4. The number of hydrogen-bond donors (Lipinski definition) is 0. The molecule has 0 saturated heterocycles. The van der Waals surface area contributed by atoms with Gasteiger partial charge in [-0.05, 0) is 30.2 Å². The third-order valence-electron chi connectivity index (χ3n) is 3.56. The molecule has 0 bridgehead atoms. The van der Waals surface area contributed by atoms with E-state index in [1.54, 1.807) is 18.3 Å². The van der Waals surface area contributed by atoms with Crippen molar-refractivity contribution in [3.05, 3.63) is 82.4 Å². The molecule has 4 nitrogen and oxygen atoms in total. The van der Waals surface area contributed by atoms with Crippen molar-refractivity contribution in [3.63, 3.8) is 0 Å². The Morgan fingerprint density at radius 2 is 1.82 bits per heavy atom.